The lowest BCUT2D eigenvalue weighted by atomic mass is 9.87. The molecule has 0 saturated carbocycles. The Kier molecular flexibility index (Phi) is 5.99. The molecule has 1 atom stereocenters. The molecule has 0 aromatic carbocycles. The maximum absolute atomic E-state index is 12.0. The number of carbonyl (C=O) groups is 2. The van der Waals surface area contributed by atoms with Crippen molar-refractivity contribution in [1.82, 2.24) is 9.80 Å². The van der Waals surface area contributed by atoms with Gasteiger partial charge in [0.25, 0.3) is 0 Å². The Morgan fingerprint density at radius 2 is 1.95 bits per heavy atom. The Hall–Kier alpha value is -1.10. The van der Waals surface area contributed by atoms with Gasteiger partial charge >= 0.3 is 5.97 Å². The molecule has 1 amide bonds. The quantitative estimate of drug-likeness (QED) is 0.838. The Morgan fingerprint density at radius 3 is 2.40 bits per heavy atom. The van der Waals surface area contributed by atoms with Crippen LogP contribution >= 0.6 is 0 Å². The SMILES string of the molecule is CCCN1CCCC(C(=O)O)(N(C(C)=O)C(C)C)CC1. The largest absolute Gasteiger partial charge is 0.479 e. The van der Waals surface area contributed by atoms with E-state index in [9.17, 15) is 14.7 Å². The Bertz CT molecular complexity index is 357. The third kappa shape index (κ3) is 3.51. The smallest absolute Gasteiger partial charge is 0.329 e. The molecule has 5 nitrogen and oxygen atoms in total. The third-order valence-electron chi connectivity index (χ3n) is 4.16. The van der Waals surface area contributed by atoms with E-state index in [1.165, 1.54) is 6.92 Å². The number of nitrogens with zero attached hydrogens (tertiary/aromatic N) is 2. The molecule has 1 aliphatic heterocycles. The summed E-state index contributed by atoms with van der Waals surface area (Å²) < 4.78 is 0. The highest BCUT2D eigenvalue weighted by atomic mass is 16.4. The Balaban J connectivity index is 3.03. The number of hydrogen-bond acceptors (Lipinski definition) is 3. The number of carboxylic acid groups (broad SMARTS) is 1. The molecule has 116 valence electrons. The van der Waals surface area contributed by atoms with Crippen LogP contribution in [-0.2, 0) is 9.59 Å². The second-order valence-electron chi connectivity index (χ2n) is 6.01. The van der Waals surface area contributed by atoms with Gasteiger partial charge in [-0.05, 0) is 52.6 Å². The fourth-order valence-corrected chi connectivity index (χ4v) is 3.43. The van der Waals surface area contributed by atoms with Crippen molar-refractivity contribution < 1.29 is 14.7 Å². The average molecular weight is 284 g/mol. The van der Waals surface area contributed by atoms with E-state index in [2.05, 4.69) is 11.8 Å². The van der Waals surface area contributed by atoms with Gasteiger partial charge in [0.2, 0.25) is 5.91 Å². The minimum absolute atomic E-state index is 0.0960. The topological polar surface area (TPSA) is 60.9 Å². The summed E-state index contributed by atoms with van der Waals surface area (Å²) in [4.78, 5) is 27.8. The maximum atomic E-state index is 12.0. The molecule has 1 saturated heterocycles. The highest BCUT2D eigenvalue weighted by Gasteiger charge is 2.47. The van der Waals surface area contributed by atoms with Crippen molar-refractivity contribution in [3.05, 3.63) is 0 Å². The molecule has 0 bridgehead atoms. The molecule has 0 radical (unpaired) electrons. The van der Waals surface area contributed by atoms with Gasteiger partial charge in [0, 0.05) is 19.5 Å². The minimum Gasteiger partial charge on any atom is -0.479 e. The van der Waals surface area contributed by atoms with Crippen molar-refractivity contribution in [3.8, 4) is 0 Å². The number of rotatable bonds is 5. The first kappa shape index (κ1) is 17.0. The fraction of sp³-hybridized carbons (Fsp3) is 0.867. The van der Waals surface area contributed by atoms with Crippen molar-refractivity contribution in [3.63, 3.8) is 0 Å². The molecule has 1 aliphatic rings. The van der Waals surface area contributed by atoms with Crippen LogP contribution in [0.1, 0.15) is 53.4 Å². The predicted molar refractivity (Wildman–Crippen MR) is 78.6 cm³/mol. The van der Waals surface area contributed by atoms with Gasteiger partial charge in [0.1, 0.15) is 5.54 Å². The number of carboxylic acids is 1. The molecular weight excluding hydrogens is 256 g/mol. The normalized spacial score (nSPS) is 24.4. The van der Waals surface area contributed by atoms with E-state index >= 15 is 0 Å². The van der Waals surface area contributed by atoms with E-state index in [0.29, 0.717) is 12.8 Å². The molecule has 0 aromatic heterocycles. The second kappa shape index (κ2) is 7.07. The van der Waals surface area contributed by atoms with Crippen molar-refractivity contribution in [2.24, 2.45) is 0 Å². The van der Waals surface area contributed by atoms with E-state index in [1.807, 2.05) is 13.8 Å². The number of hydrogen-bond donors (Lipinski definition) is 1. The summed E-state index contributed by atoms with van der Waals surface area (Å²) in [6.07, 6.45) is 2.95. The number of likely N-dealkylation sites (tertiary alicyclic amines) is 1. The predicted octanol–water partition coefficient (Wildman–Crippen LogP) is 1.96. The number of amides is 1. The third-order valence-corrected chi connectivity index (χ3v) is 4.16. The molecular formula is C15H28N2O3. The van der Waals surface area contributed by atoms with Gasteiger partial charge in [0.05, 0.1) is 0 Å². The van der Waals surface area contributed by atoms with Crippen LogP contribution in [0.5, 0.6) is 0 Å². The zero-order chi connectivity index (χ0) is 15.3. The van der Waals surface area contributed by atoms with Crippen molar-refractivity contribution >= 4 is 11.9 Å². The van der Waals surface area contributed by atoms with Crippen molar-refractivity contribution in [1.29, 1.82) is 0 Å². The van der Waals surface area contributed by atoms with Crippen LogP contribution < -0.4 is 0 Å². The van der Waals surface area contributed by atoms with E-state index in [0.717, 1.165) is 32.5 Å². The minimum atomic E-state index is -1.04. The van der Waals surface area contributed by atoms with Gasteiger partial charge < -0.3 is 14.9 Å². The molecule has 1 N–H and O–H groups in total. The summed E-state index contributed by atoms with van der Waals surface area (Å²) in [6.45, 7) is 10.0. The summed E-state index contributed by atoms with van der Waals surface area (Å²) >= 11 is 0. The zero-order valence-corrected chi connectivity index (χ0v) is 13.2. The molecule has 0 aromatic rings. The highest BCUT2D eigenvalue weighted by molar-refractivity contribution is 5.86. The molecule has 5 heteroatoms. The summed E-state index contributed by atoms with van der Waals surface area (Å²) in [5.74, 6) is -1.01. The van der Waals surface area contributed by atoms with Crippen LogP contribution in [0.4, 0.5) is 0 Å². The van der Waals surface area contributed by atoms with Crippen LogP contribution in [0.15, 0.2) is 0 Å². The lowest BCUT2D eigenvalue weighted by Crippen LogP contribution is -2.59. The van der Waals surface area contributed by atoms with Gasteiger partial charge in [-0.25, -0.2) is 4.79 Å². The maximum Gasteiger partial charge on any atom is 0.329 e. The molecule has 1 heterocycles. The Labute approximate surface area is 121 Å². The van der Waals surface area contributed by atoms with E-state index in [4.69, 9.17) is 0 Å². The molecule has 20 heavy (non-hydrogen) atoms. The van der Waals surface area contributed by atoms with Gasteiger partial charge in [-0.3, -0.25) is 4.79 Å². The number of carbonyl (C=O) groups excluding carboxylic acids is 1. The van der Waals surface area contributed by atoms with E-state index < -0.39 is 11.5 Å². The summed E-state index contributed by atoms with van der Waals surface area (Å²) in [7, 11) is 0. The van der Waals surface area contributed by atoms with Crippen LogP contribution in [0, 0.1) is 0 Å². The summed E-state index contributed by atoms with van der Waals surface area (Å²) in [5, 5.41) is 9.79. The second-order valence-corrected chi connectivity index (χ2v) is 6.01. The van der Waals surface area contributed by atoms with Gasteiger partial charge in [-0.2, -0.15) is 0 Å². The summed E-state index contributed by atoms with van der Waals surface area (Å²) in [6, 6.07) is -0.0960. The van der Waals surface area contributed by atoms with Crippen molar-refractivity contribution in [2.75, 3.05) is 19.6 Å². The standard InChI is InChI=1S/C15H28N2O3/c1-5-9-16-10-6-7-15(8-11-16,14(19)20)17(12(2)3)13(4)18/h12H,5-11H2,1-4H3,(H,19,20). The molecule has 1 rings (SSSR count). The van der Waals surface area contributed by atoms with Gasteiger partial charge in [-0.1, -0.05) is 6.92 Å². The Morgan fingerprint density at radius 1 is 1.30 bits per heavy atom. The van der Waals surface area contributed by atoms with E-state index in [1.54, 1.807) is 4.90 Å². The first-order valence-corrected chi connectivity index (χ1v) is 7.60. The monoisotopic (exact) mass is 284 g/mol. The first-order valence-electron chi connectivity index (χ1n) is 7.60. The van der Waals surface area contributed by atoms with Crippen LogP contribution in [0.3, 0.4) is 0 Å². The van der Waals surface area contributed by atoms with Crippen LogP contribution in [-0.4, -0.2) is 58.0 Å². The molecule has 1 unspecified atom stereocenters. The highest BCUT2D eigenvalue weighted by Crippen LogP contribution is 2.31. The van der Waals surface area contributed by atoms with Crippen LogP contribution in [0.25, 0.3) is 0 Å². The van der Waals surface area contributed by atoms with Gasteiger partial charge in [0.15, 0.2) is 0 Å². The summed E-state index contributed by atoms with van der Waals surface area (Å²) in [5.41, 5.74) is -1.04. The lowest BCUT2D eigenvalue weighted by Gasteiger charge is -2.42. The lowest BCUT2D eigenvalue weighted by molar-refractivity contribution is -0.162. The van der Waals surface area contributed by atoms with Gasteiger partial charge in [-0.15, -0.1) is 0 Å². The zero-order valence-electron chi connectivity index (χ0n) is 13.2. The molecule has 0 aliphatic carbocycles. The van der Waals surface area contributed by atoms with Crippen LogP contribution in [0.2, 0.25) is 0 Å². The fourth-order valence-electron chi connectivity index (χ4n) is 3.43. The molecule has 1 fully saturated rings. The van der Waals surface area contributed by atoms with E-state index in [-0.39, 0.29) is 11.9 Å². The average Bonchev–Trinajstić information content (AvgIpc) is 2.53. The molecule has 0 spiro atoms. The number of aliphatic carboxylic acids is 1. The first-order chi connectivity index (χ1) is 9.35. The van der Waals surface area contributed by atoms with Crippen molar-refractivity contribution in [2.45, 2.75) is 65.0 Å².